The minimum Gasteiger partial charge on any atom is -0.207 e. The van der Waals surface area contributed by atoms with Gasteiger partial charge in [-0.15, -0.1) is 0 Å². The third kappa shape index (κ3) is 3.49. The van der Waals surface area contributed by atoms with Crippen molar-refractivity contribution in [2.75, 3.05) is 0 Å². The molecule has 0 spiro atoms. The molecule has 0 heterocycles. The Morgan fingerprint density at radius 2 is 1.74 bits per heavy atom. The van der Waals surface area contributed by atoms with Gasteiger partial charge < -0.3 is 0 Å². The van der Waals surface area contributed by atoms with Crippen molar-refractivity contribution in [2.45, 2.75) is 4.83 Å². The Kier molecular flexibility index (Phi) is 5.25. The predicted molar refractivity (Wildman–Crippen MR) is 89.0 cm³/mol. The molecule has 0 bridgehead atoms. The highest BCUT2D eigenvalue weighted by atomic mass is 127. The van der Waals surface area contributed by atoms with Gasteiger partial charge in [0.05, 0.1) is 9.30 Å². The van der Waals surface area contributed by atoms with Gasteiger partial charge in [-0.05, 0) is 74.4 Å². The van der Waals surface area contributed by atoms with Crippen LogP contribution >= 0.6 is 66.1 Å². The van der Waals surface area contributed by atoms with Crippen molar-refractivity contribution in [3.05, 3.63) is 66.2 Å². The van der Waals surface area contributed by atoms with Gasteiger partial charge in [0.2, 0.25) is 0 Å². The van der Waals surface area contributed by atoms with Crippen LogP contribution in [0.3, 0.4) is 0 Å². The molecular formula is C13H6Br2ClF2I. The van der Waals surface area contributed by atoms with Crippen molar-refractivity contribution in [3.63, 3.8) is 0 Å². The third-order valence-corrected chi connectivity index (χ3v) is 5.36. The molecule has 0 fully saturated rings. The molecule has 2 rings (SSSR count). The first-order valence-corrected chi connectivity index (χ1v) is 8.30. The molecule has 100 valence electrons. The zero-order valence-corrected chi connectivity index (χ0v) is 15.3. The second kappa shape index (κ2) is 6.37. The van der Waals surface area contributed by atoms with Crippen LogP contribution in [0.15, 0.2) is 34.8 Å². The molecule has 0 aliphatic rings. The molecular weight excluding hydrogens is 516 g/mol. The molecule has 0 saturated heterocycles. The molecule has 0 aromatic heterocycles. The molecule has 0 amide bonds. The fourth-order valence-corrected chi connectivity index (χ4v) is 3.91. The van der Waals surface area contributed by atoms with E-state index in [2.05, 4.69) is 54.5 Å². The number of halogens is 6. The lowest BCUT2D eigenvalue weighted by Gasteiger charge is -2.14. The van der Waals surface area contributed by atoms with Crippen molar-refractivity contribution < 1.29 is 8.78 Å². The van der Waals surface area contributed by atoms with Crippen molar-refractivity contribution >= 4 is 66.1 Å². The van der Waals surface area contributed by atoms with Crippen molar-refractivity contribution in [1.29, 1.82) is 0 Å². The van der Waals surface area contributed by atoms with Crippen LogP contribution < -0.4 is 0 Å². The zero-order chi connectivity index (χ0) is 14.2. The van der Waals surface area contributed by atoms with E-state index in [1.165, 1.54) is 6.07 Å². The lowest BCUT2D eigenvalue weighted by atomic mass is 10.0. The molecule has 19 heavy (non-hydrogen) atoms. The van der Waals surface area contributed by atoms with Gasteiger partial charge in [0.15, 0.2) is 0 Å². The second-order valence-corrected chi connectivity index (χ2v) is 7.18. The van der Waals surface area contributed by atoms with Gasteiger partial charge >= 0.3 is 0 Å². The smallest absolute Gasteiger partial charge is 0.137 e. The van der Waals surface area contributed by atoms with E-state index in [-0.39, 0.29) is 10.0 Å². The van der Waals surface area contributed by atoms with Crippen LogP contribution in [-0.2, 0) is 0 Å². The molecule has 0 N–H and O–H groups in total. The van der Waals surface area contributed by atoms with E-state index >= 15 is 0 Å². The van der Waals surface area contributed by atoms with Crippen LogP contribution in [0, 0.1) is 15.2 Å². The zero-order valence-electron chi connectivity index (χ0n) is 9.23. The first-order chi connectivity index (χ1) is 8.90. The van der Waals surface area contributed by atoms with Gasteiger partial charge in [-0.3, -0.25) is 0 Å². The van der Waals surface area contributed by atoms with Crippen molar-refractivity contribution in [1.82, 2.24) is 0 Å². The summed E-state index contributed by atoms with van der Waals surface area (Å²) in [5.41, 5.74) is 1.04. The number of rotatable bonds is 2. The Morgan fingerprint density at radius 1 is 1.05 bits per heavy atom. The summed E-state index contributed by atoms with van der Waals surface area (Å²) in [6.45, 7) is 0. The van der Waals surface area contributed by atoms with Gasteiger partial charge in [-0.2, -0.15) is 0 Å². The van der Waals surface area contributed by atoms with E-state index in [0.29, 0.717) is 5.02 Å². The maximum atomic E-state index is 13.9. The summed E-state index contributed by atoms with van der Waals surface area (Å²) in [4.78, 5) is -0.458. The summed E-state index contributed by atoms with van der Waals surface area (Å²) >= 11 is 14.4. The summed E-state index contributed by atoms with van der Waals surface area (Å²) in [6.07, 6.45) is 0. The van der Waals surface area contributed by atoms with Crippen molar-refractivity contribution in [3.8, 4) is 0 Å². The average Bonchev–Trinajstić information content (AvgIpc) is 2.36. The monoisotopic (exact) mass is 520 g/mol. The van der Waals surface area contributed by atoms with E-state index in [4.69, 9.17) is 11.6 Å². The summed E-state index contributed by atoms with van der Waals surface area (Å²) < 4.78 is 28.5. The summed E-state index contributed by atoms with van der Waals surface area (Å²) in [6, 6.07) is 7.62. The molecule has 6 heteroatoms. The lowest BCUT2D eigenvalue weighted by molar-refractivity contribution is 0.583. The summed E-state index contributed by atoms with van der Waals surface area (Å²) in [7, 11) is 0. The van der Waals surface area contributed by atoms with E-state index in [1.807, 2.05) is 6.07 Å². The first kappa shape index (κ1) is 15.7. The first-order valence-electron chi connectivity index (χ1n) is 5.13. The number of benzene rings is 2. The molecule has 1 atom stereocenters. The Bertz CT molecular complexity index is 634. The van der Waals surface area contributed by atoms with Gasteiger partial charge in [0.1, 0.15) is 11.6 Å². The highest BCUT2D eigenvalue weighted by Crippen LogP contribution is 2.37. The van der Waals surface area contributed by atoms with E-state index in [0.717, 1.165) is 15.2 Å². The molecule has 0 aliphatic carbocycles. The van der Waals surface area contributed by atoms with Gasteiger partial charge in [0, 0.05) is 14.2 Å². The summed E-state index contributed by atoms with van der Waals surface area (Å²) in [5, 5.41) is 0.554. The predicted octanol–water partition coefficient (Wildman–Crippen LogP) is 6.47. The fraction of sp³-hybridized carbons (Fsp3) is 0.0769. The Hall–Kier alpha value is 0.280. The molecule has 1 unspecified atom stereocenters. The largest absolute Gasteiger partial charge is 0.207 e. The topological polar surface area (TPSA) is 0 Å². The Morgan fingerprint density at radius 3 is 2.42 bits per heavy atom. The molecule has 0 nitrogen and oxygen atoms in total. The maximum absolute atomic E-state index is 13.9. The molecule has 2 aromatic carbocycles. The minimum absolute atomic E-state index is 0.106. The number of hydrogen-bond donors (Lipinski definition) is 0. The van der Waals surface area contributed by atoms with Crippen LogP contribution in [0.25, 0.3) is 0 Å². The third-order valence-electron chi connectivity index (χ3n) is 2.54. The van der Waals surface area contributed by atoms with E-state index in [1.54, 1.807) is 12.1 Å². The van der Waals surface area contributed by atoms with E-state index < -0.39 is 16.5 Å². The standard InChI is InChI=1S/C13H6Br2ClF2I/c14-9-5-10(17)7(4-11(9)18)13(15)8-3-6(16)1-2-12(8)19/h1-5,13H. The van der Waals surface area contributed by atoms with Crippen LogP contribution in [-0.4, -0.2) is 0 Å². The highest BCUT2D eigenvalue weighted by molar-refractivity contribution is 14.1. The molecule has 0 saturated carbocycles. The lowest BCUT2D eigenvalue weighted by Crippen LogP contribution is -2.00. The second-order valence-electron chi connectivity index (χ2n) is 3.82. The average molecular weight is 522 g/mol. The summed E-state index contributed by atoms with van der Waals surface area (Å²) in [5.74, 6) is -0.983. The Labute approximate surface area is 144 Å². The molecule has 0 aliphatic heterocycles. The van der Waals surface area contributed by atoms with Crippen LogP contribution in [0.1, 0.15) is 16.0 Å². The number of alkyl halides is 1. The van der Waals surface area contributed by atoms with Gasteiger partial charge in [0.25, 0.3) is 0 Å². The van der Waals surface area contributed by atoms with Gasteiger partial charge in [-0.1, -0.05) is 27.5 Å². The van der Waals surface area contributed by atoms with E-state index in [9.17, 15) is 8.78 Å². The molecule has 2 aromatic rings. The van der Waals surface area contributed by atoms with Crippen molar-refractivity contribution in [2.24, 2.45) is 0 Å². The van der Waals surface area contributed by atoms with Crippen LogP contribution in [0.4, 0.5) is 8.78 Å². The van der Waals surface area contributed by atoms with Crippen LogP contribution in [0.5, 0.6) is 0 Å². The maximum Gasteiger partial charge on any atom is 0.137 e. The Balaban J connectivity index is 2.52. The SMILES string of the molecule is Fc1cc(C(Br)c2cc(Cl)ccc2I)c(F)cc1Br. The highest BCUT2D eigenvalue weighted by Gasteiger charge is 2.19. The minimum atomic E-state index is -0.502. The number of hydrogen-bond acceptors (Lipinski definition) is 0. The quantitative estimate of drug-likeness (QED) is 0.241. The molecule has 0 radical (unpaired) electrons. The van der Waals surface area contributed by atoms with Gasteiger partial charge in [-0.25, -0.2) is 8.78 Å². The normalized spacial score (nSPS) is 12.5. The van der Waals surface area contributed by atoms with Crippen LogP contribution in [0.2, 0.25) is 5.02 Å². The fourth-order valence-electron chi connectivity index (χ4n) is 1.61.